The summed E-state index contributed by atoms with van der Waals surface area (Å²) in [4.78, 5) is 17.3. The Labute approximate surface area is 50.8 Å². The molecule has 0 aromatic rings. The lowest BCUT2D eigenvalue weighted by molar-refractivity contribution is -0.743. The molecule has 0 amide bonds. The fourth-order valence-corrected chi connectivity index (χ4v) is 0.488. The largest absolute Gasteiger partial charge is 0.299 e. The predicted molar refractivity (Wildman–Crippen MR) is 29.3 cm³/mol. The van der Waals surface area contributed by atoms with E-state index in [1.165, 1.54) is 6.20 Å². The van der Waals surface area contributed by atoms with E-state index in [2.05, 4.69) is 9.83 Å². The van der Waals surface area contributed by atoms with Crippen molar-refractivity contribution in [1.82, 2.24) is 0 Å². The molecule has 0 aromatic heterocycles. The first-order chi connectivity index (χ1) is 4.29. The van der Waals surface area contributed by atoms with Crippen LogP contribution in [-0.2, 0) is 4.84 Å². The van der Waals surface area contributed by atoms with Crippen molar-refractivity contribution >= 4 is 6.21 Å². The number of allylic oxidation sites excluding steroid dienone is 1. The molecule has 1 rings (SSSR count). The smallest absolute Gasteiger partial charge is 0.279 e. The number of hydrogen-bond acceptors (Lipinski definition) is 4. The second-order valence-electron chi connectivity index (χ2n) is 1.45. The van der Waals surface area contributed by atoms with Crippen LogP contribution in [0.15, 0.2) is 17.0 Å². The molecule has 5 nitrogen and oxygen atoms in total. The fraction of sp³-hybridized carbons (Fsp3) is 0.250. The minimum Gasteiger partial charge on any atom is -0.279 e. The Morgan fingerprint density at radius 1 is 1.89 bits per heavy atom. The van der Waals surface area contributed by atoms with Gasteiger partial charge in [-0.2, -0.15) is 0 Å². The summed E-state index contributed by atoms with van der Waals surface area (Å²) in [5.41, 5.74) is 0. The highest BCUT2D eigenvalue weighted by molar-refractivity contribution is 5.64. The minimum absolute atomic E-state index is 0.278. The highest BCUT2D eigenvalue weighted by Crippen LogP contribution is 2.06. The summed E-state index contributed by atoms with van der Waals surface area (Å²) in [6.07, 6.45) is 3.28. The van der Waals surface area contributed by atoms with Crippen LogP contribution in [0.3, 0.4) is 0 Å². The van der Waals surface area contributed by atoms with Crippen LogP contribution in [0.4, 0.5) is 0 Å². The zero-order valence-electron chi connectivity index (χ0n) is 4.48. The average molecular weight is 128 g/mol. The Morgan fingerprint density at radius 2 is 2.67 bits per heavy atom. The van der Waals surface area contributed by atoms with Crippen molar-refractivity contribution in [3.63, 3.8) is 0 Å². The molecule has 9 heavy (non-hydrogen) atoms. The summed E-state index contributed by atoms with van der Waals surface area (Å²) in [6.45, 7) is 0. The van der Waals surface area contributed by atoms with Gasteiger partial charge in [0.1, 0.15) is 5.76 Å². The fourth-order valence-electron chi connectivity index (χ4n) is 0.488. The SMILES string of the molecule is O=[N+]([O-])OC1=CN=CC1. The van der Waals surface area contributed by atoms with Crippen molar-refractivity contribution in [3.05, 3.63) is 22.1 Å². The maximum Gasteiger partial charge on any atom is 0.299 e. The van der Waals surface area contributed by atoms with E-state index in [4.69, 9.17) is 0 Å². The summed E-state index contributed by atoms with van der Waals surface area (Å²) in [5.74, 6) is 0.278. The van der Waals surface area contributed by atoms with Crippen LogP contribution in [0.1, 0.15) is 6.42 Å². The predicted octanol–water partition coefficient (Wildman–Crippen LogP) is 0.511. The van der Waals surface area contributed by atoms with Crippen LogP contribution in [0.5, 0.6) is 0 Å². The summed E-state index contributed by atoms with van der Waals surface area (Å²) < 4.78 is 0. The molecule has 5 heteroatoms. The van der Waals surface area contributed by atoms with Gasteiger partial charge in [-0.25, -0.2) is 0 Å². The summed E-state index contributed by atoms with van der Waals surface area (Å²) in [5, 5.41) is 8.80. The Kier molecular flexibility index (Phi) is 1.44. The maximum atomic E-state index is 9.64. The van der Waals surface area contributed by atoms with Crippen LogP contribution in [0, 0.1) is 10.1 Å². The van der Waals surface area contributed by atoms with Crippen LogP contribution >= 0.6 is 0 Å². The second-order valence-corrected chi connectivity index (χ2v) is 1.45. The molecule has 0 unspecified atom stereocenters. The molecule has 0 saturated carbocycles. The third-order valence-corrected chi connectivity index (χ3v) is 0.808. The van der Waals surface area contributed by atoms with Gasteiger partial charge >= 0.3 is 0 Å². The van der Waals surface area contributed by atoms with Gasteiger partial charge in [-0.3, -0.25) is 9.83 Å². The Hall–Kier alpha value is -1.39. The van der Waals surface area contributed by atoms with E-state index in [1.54, 1.807) is 6.21 Å². The first kappa shape index (κ1) is 5.74. The van der Waals surface area contributed by atoms with Gasteiger partial charge in [0.25, 0.3) is 5.09 Å². The van der Waals surface area contributed by atoms with Gasteiger partial charge in [0.05, 0.1) is 6.20 Å². The number of hydrogen-bond donors (Lipinski definition) is 0. The molecule has 0 fully saturated rings. The van der Waals surface area contributed by atoms with Crippen LogP contribution in [-0.4, -0.2) is 11.3 Å². The van der Waals surface area contributed by atoms with E-state index in [9.17, 15) is 10.1 Å². The van der Waals surface area contributed by atoms with Crippen LogP contribution in [0.25, 0.3) is 0 Å². The standard InChI is InChI=1S/C4H4N2O3/c7-6(8)9-4-1-2-5-3-4/h2-3H,1H2. The molecule has 0 aliphatic carbocycles. The second kappa shape index (κ2) is 2.25. The summed E-state index contributed by atoms with van der Waals surface area (Å²) >= 11 is 0. The first-order valence-corrected chi connectivity index (χ1v) is 2.32. The zero-order chi connectivity index (χ0) is 6.69. The molecule has 0 bridgehead atoms. The Bertz CT molecular complexity index is 184. The number of nitrogens with zero attached hydrogens (tertiary/aromatic N) is 2. The molecule has 0 aromatic carbocycles. The van der Waals surface area contributed by atoms with E-state index in [0.29, 0.717) is 6.42 Å². The quantitative estimate of drug-likeness (QED) is 0.402. The van der Waals surface area contributed by atoms with Gasteiger partial charge in [-0.1, -0.05) is 0 Å². The maximum absolute atomic E-state index is 9.64. The Balaban J connectivity index is 2.39. The molecular formula is C4H4N2O3. The van der Waals surface area contributed by atoms with Crippen molar-refractivity contribution < 1.29 is 9.92 Å². The van der Waals surface area contributed by atoms with Crippen LogP contribution < -0.4 is 0 Å². The molecule has 1 aliphatic rings. The van der Waals surface area contributed by atoms with Gasteiger partial charge in [0.2, 0.25) is 0 Å². The van der Waals surface area contributed by atoms with Crippen LogP contribution in [0.2, 0.25) is 0 Å². The molecule has 0 saturated heterocycles. The van der Waals surface area contributed by atoms with E-state index in [0.717, 1.165) is 0 Å². The molecule has 0 spiro atoms. The topological polar surface area (TPSA) is 64.7 Å². The third-order valence-electron chi connectivity index (χ3n) is 0.808. The van der Waals surface area contributed by atoms with Gasteiger partial charge in [0.15, 0.2) is 0 Å². The highest BCUT2D eigenvalue weighted by Gasteiger charge is 2.03. The lowest BCUT2D eigenvalue weighted by Crippen LogP contribution is -1.98. The monoisotopic (exact) mass is 128 g/mol. The third kappa shape index (κ3) is 1.52. The van der Waals surface area contributed by atoms with Gasteiger partial charge in [-0.15, -0.1) is 10.1 Å². The Morgan fingerprint density at radius 3 is 3.11 bits per heavy atom. The van der Waals surface area contributed by atoms with Crippen molar-refractivity contribution in [2.24, 2.45) is 4.99 Å². The highest BCUT2D eigenvalue weighted by atomic mass is 17.0. The first-order valence-electron chi connectivity index (χ1n) is 2.32. The molecule has 1 aliphatic heterocycles. The molecule has 1 heterocycles. The minimum atomic E-state index is -0.847. The molecule has 0 radical (unpaired) electrons. The molecular weight excluding hydrogens is 124 g/mol. The zero-order valence-corrected chi connectivity index (χ0v) is 4.48. The summed E-state index contributed by atoms with van der Waals surface area (Å²) in [6, 6.07) is 0. The van der Waals surface area contributed by atoms with Gasteiger partial charge < -0.3 is 0 Å². The average Bonchev–Trinajstić information content (AvgIpc) is 2.15. The lowest BCUT2D eigenvalue weighted by Gasteiger charge is -1.92. The van der Waals surface area contributed by atoms with Crippen molar-refractivity contribution in [2.75, 3.05) is 0 Å². The lowest BCUT2D eigenvalue weighted by atomic mass is 10.4. The molecule has 0 atom stereocenters. The van der Waals surface area contributed by atoms with Gasteiger partial charge in [-0.05, 0) is 0 Å². The number of rotatable bonds is 2. The normalized spacial score (nSPS) is 15.3. The van der Waals surface area contributed by atoms with E-state index in [-0.39, 0.29) is 5.76 Å². The summed E-state index contributed by atoms with van der Waals surface area (Å²) in [7, 11) is 0. The van der Waals surface area contributed by atoms with Crippen molar-refractivity contribution in [1.29, 1.82) is 0 Å². The number of aliphatic imine (C=N–C) groups is 1. The molecule has 48 valence electrons. The van der Waals surface area contributed by atoms with E-state index in [1.807, 2.05) is 0 Å². The van der Waals surface area contributed by atoms with Crippen molar-refractivity contribution in [3.8, 4) is 0 Å². The van der Waals surface area contributed by atoms with E-state index >= 15 is 0 Å². The van der Waals surface area contributed by atoms with Gasteiger partial charge in [0, 0.05) is 12.6 Å². The van der Waals surface area contributed by atoms with E-state index < -0.39 is 5.09 Å². The molecule has 0 N–H and O–H groups in total. The van der Waals surface area contributed by atoms with Crippen molar-refractivity contribution in [2.45, 2.75) is 6.42 Å².